The zero-order valence-corrected chi connectivity index (χ0v) is 11.6. The average molecular weight is 299 g/mol. The maximum absolute atomic E-state index is 12.1. The van der Waals surface area contributed by atoms with E-state index >= 15 is 0 Å². The molecule has 0 bridgehead atoms. The Balaban J connectivity index is 1.64. The van der Waals surface area contributed by atoms with Crippen LogP contribution in [0, 0.1) is 10.1 Å². The van der Waals surface area contributed by atoms with Crippen molar-refractivity contribution < 1.29 is 19.2 Å². The molecule has 2 aromatic carbocycles. The van der Waals surface area contributed by atoms with Crippen LogP contribution >= 0.6 is 0 Å². The molecular formula is C16H13NO5. The summed E-state index contributed by atoms with van der Waals surface area (Å²) in [7, 11) is 0. The fourth-order valence-corrected chi connectivity index (χ4v) is 2.37. The lowest BCUT2D eigenvalue weighted by molar-refractivity contribution is -0.385. The van der Waals surface area contributed by atoms with E-state index in [1.165, 1.54) is 6.07 Å². The second-order valence-corrected chi connectivity index (χ2v) is 4.91. The highest BCUT2D eigenvalue weighted by Crippen LogP contribution is 2.29. The topological polar surface area (TPSA) is 78.7 Å². The number of ether oxygens (including phenoxy) is 2. The van der Waals surface area contributed by atoms with Crippen molar-refractivity contribution in [3.8, 4) is 5.75 Å². The molecule has 1 aliphatic rings. The fourth-order valence-electron chi connectivity index (χ4n) is 2.37. The highest BCUT2D eigenvalue weighted by molar-refractivity contribution is 5.77. The third-order valence-corrected chi connectivity index (χ3v) is 3.47. The van der Waals surface area contributed by atoms with Gasteiger partial charge in [-0.1, -0.05) is 30.3 Å². The molecule has 0 saturated carbocycles. The molecule has 1 heterocycles. The largest absolute Gasteiger partial charge is 0.478 e. The van der Waals surface area contributed by atoms with Crippen molar-refractivity contribution in [3.63, 3.8) is 0 Å². The van der Waals surface area contributed by atoms with Crippen LogP contribution in [0.1, 0.15) is 11.1 Å². The minimum atomic E-state index is -0.694. The minimum absolute atomic E-state index is 0.0640. The molecule has 2 aromatic rings. The average Bonchev–Trinajstić information content (AvgIpc) is 2.97. The number of fused-ring (bicyclic) bond motifs is 1. The van der Waals surface area contributed by atoms with Gasteiger partial charge in [0.05, 0.1) is 10.5 Å². The highest BCUT2D eigenvalue weighted by atomic mass is 16.6. The summed E-state index contributed by atoms with van der Waals surface area (Å²) in [5, 5.41) is 10.9. The third kappa shape index (κ3) is 2.76. The van der Waals surface area contributed by atoms with Gasteiger partial charge in [-0.3, -0.25) is 10.1 Å². The lowest BCUT2D eigenvalue weighted by Gasteiger charge is -2.10. The Morgan fingerprint density at radius 1 is 1.23 bits per heavy atom. The van der Waals surface area contributed by atoms with Crippen molar-refractivity contribution in [2.45, 2.75) is 19.1 Å². The number of hydrogen-bond donors (Lipinski definition) is 0. The van der Waals surface area contributed by atoms with Gasteiger partial charge in [-0.15, -0.1) is 0 Å². The van der Waals surface area contributed by atoms with Gasteiger partial charge < -0.3 is 9.47 Å². The van der Waals surface area contributed by atoms with Gasteiger partial charge in [-0.05, 0) is 17.7 Å². The van der Waals surface area contributed by atoms with E-state index in [1.54, 1.807) is 24.3 Å². The van der Waals surface area contributed by atoms with Gasteiger partial charge in [0, 0.05) is 12.5 Å². The molecular weight excluding hydrogens is 286 g/mol. The molecule has 6 heteroatoms. The predicted molar refractivity (Wildman–Crippen MR) is 77.5 cm³/mol. The first kappa shape index (κ1) is 14.1. The number of para-hydroxylation sites is 2. The summed E-state index contributed by atoms with van der Waals surface area (Å²) < 4.78 is 10.7. The van der Waals surface area contributed by atoms with Crippen molar-refractivity contribution in [1.29, 1.82) is 0 Å². The van der Waals surface area contributed by atoms with Crippen LogP contribution in [0.15, 0.2) is 48.5 Å². The quantitative estimate of drug-likeness (QED) is 0.492. The second-order valence-electron chi connectivity index (χ2n) is 4.91. The van der Waals surface area contributed by atoms with Gasteiger partial charge in [-0.2, -0.15) is 0 Å². The molecule has 6 nitrogen and oxygen atoms in total. The Morgan fingerprint density at radius 2 is 1.95 bits per heavy atom. The number of benzene rings is 2. The van der Waals surface area contributed by atoms with Crippen LogP contribution in [0.3, 0.4) is 0 Å². The number of rotatable bonds is 4. The molecule has 0 aliphatic carbocycles. The summed E-state index contributed by atoms with van der Waals surface area (Å²) in [5.41, 5.74) is 1.25. The molecule has 22 heavy (non-hydrogen) atoms. The van der Waals surface area contributed by atoms with Gasteiger partial charge in [0.25, 0.3) is 5.69 Å². The summed E-state index contributed by atoms with van der Waals surface area (Å²) in [4.78, 5) is 22.5. The zero-order chi connectivity index (χ0) is 15.5. The zero-order valence-electron chi connectivity index (χ0n) is 11.6. The molecule has 0 N–H and O–H groups in total. The maximum atomic E-state index is 12.1. The van der Waals surface area contributed by atoms with Gasteiger partial charge in [0.15, 0.2) is 6.10 Å². The molecule has 0 saturated heterocycles. The first-order valence-electron chi connectivity index (χ1n) is 6.78. The number of hydrogen-bond acceptors (Lipinski definition) is 5. The number of carbonyl (C=O) groups excluding carboxylic acids is 1. The molecule has 0 spiro atoms. The normalized spacial score (nSPS) is 15.7. The van der Waals surface area contributed by atoms with E-state index in [-0.39, 0.29) is 12.3 Å². The van der Waals surface area contributed by atoms with Gasteiger partial charge in [-0.25, -0.2) is 4.79 Å². The number of nitro benzene ring substituents is 1. The Hall–Kier alpha value is -2.89. The molecule has 112 valence electrons. The van der Waals surface area contributed by atoms with E-state index in [0.29, 0.717) is 17.7 Å². The summed E-state index contributed by atoms with van der Waals surface area (Å²) in [6.07, 6.45) is -0.244. The Bertz CT molecular complexity index is 703. The number of nitrogens with zero attached hydrogens (tertiary/aromatic N) is 1. The van der Waals surface area contributed by atoms with Crippen molar-refractivity contribution in [1.82, 2.24) is 0 Å². The van der Waals surface area contributed by atoms with E-state index in [9.17, 15) is 14.9 Å². The van der Waals surface area contributed by atoms with Gasteiger partial charge in [0.2, 0.25) is 0 Å². The summed E-state index contributed by atoms with van der Waals surface area (Å²) >= 11 is 0. The van der Waals surface area contributed by atoms with Crippen LogP contribution in [0.25, 0.3) is 0 Å². The molecule has 1 aliphatic heterocycles. The van der Waals surface area contributed by atoms with Crippen LogP contribution in [-0.4, -0.2) is 17.0 Å². The van der Waals surface area contributed by atoms with Crippen LogP contribution < -0.4 is 4.74 Å². The summed E-state index contributed by atoms with van der Waals surface area (Å²) in [6, 6.07) is 13.6. The first-order valence-corrected chi connectivity index (χ1v) is 6.78. The molecule has 1 atom stereocenters. The first-order chi connectivity index (χ1) is 10.6. The van der Waals surface area contributed by atoms with E-state index in [1.807, 2.05) is 18.2 Å². The van der Waals surface area contributed by atoms with E-state index in [2.05, 4.69) is 0 Å². The molecule has 0 amide bonds. The molecule has 0 fully saturated rings. The number of nitro groups is 1. The van der Waals surface area contributed by atoms with Crippen molar-refractivity contribution in [2.24, 2.45) is 0 Å². The molecule has 3 rings (SSSR count). The molecule has 0 aromatic heterocycles. The predicted octanol–water partition coefficient (Wildman–Crippen LogP) is 2.64. The third-order valence-electron chi connectivity index (χ3n) is 3.47. The van der Waals surface area contributed by atoms with Crippen molar-refractivity contribution in [3.05, 3.63) is 69.8 Å². The van der Waals surface area contributed by atoms with E-state index in [4.69, 9.17) is 9.47 Å². The lowest BCUT2D eigenvalue weighted by atomic mass is 10.1. The van der Waals surface area contributed by atoms with Crippen LogP contribution in [-0.2, 0) is 22.6 Å². The molecule has 0 unspecified atom stereocenters. The Labute approximate surface area is 126 Å². The number of carbonyl (C=O) groups is 1. The summed E-state index contributed by atoms with van der Waals surface area (Å²) in [5.74, 6) is 0.157. The summed E-state index contributed by atoms with van der Waals surface area (Å²) in [6.45, 7) is -0.147. The Kier molecular flexibility index (Phi) is 3.74. The molecule has 0 radical (unpaired) electrons. The van der Waals surface area contributed by atoms with Gasteiger partial charge in [0.1, 0.15) is 12.4 Å². The minimum Gasteiger partial charge on any atom is -0.478 e. The highest BCUT2D eigenvalue weighted by Gasteiger charge is 2.30. The van der Waals surface area contributed by atoms with Gasteiger partial charge >= 0.3 is 5.97 Å². The monoisotopic (exact) mass is 299 g/mol. The van der Waals surface area contributed by atoms with Crippen LogP contribution in [0.4, 0.5) is 5.69 Å². The Morgan fingerprint density at radius 3 is 2.73 bits per heavy atom. The smallest absolute Gasteiger partial charge is 0.348 e. The van der Waals surface area contributed by atoms with Crippen molar-refractivity contribution >= 4 is 11.7 Å². The van der Waals surface area contributed by atoms with E-state index < -0.39 is 17.0 Å². The standard InChI is InChI=1S/C16H13NO5/c18-16(15-9-11-5-2-4-8-14(11)22-15)21-10-12-6-1-3-7-13(12)17(19)20/h1-8,15H,9-10H2/t15-/m1/s1. The van der Waals surface area contributed by atoms with E-state index in [0.717, 1.165) is 5.56 Å². The fraction of sp³-hybridized carbons (Fsp3) is 0.188. The van der Waals surface area contributed by atoms with Crippen LogP contribution in [0.5, 0.6) is 5.75 Å². The number of esters is 1. The van der Waals surface area contributed by atoms with Crippen molar-refractivity contribution in [2.75, 3.05) is 0 Å². The SMILES string of the molecule is O=C(OCc1ccccc1[N+](=O)[O-])[C@H]1Cc2ccccc2O1. The maximum Gasteiger partial charge on any atom is 0.348 e. The van der Waals surface area contributed by atoms with Crippen LogP contribution in [0.2, 0.25) is 0 Å². The lowest BCUT2D eigenvalue weighted by Crippen LogP contribution is -2.27. The second kappa shape index (κ2) is 5.85.